The van der Waals surface area contributed by atoms with Gasteiger partial charge in [0.15, 0.2) is 5.65 Å². The summed E-state index contributed by atoms with van der Waals surface area (Å²) >= 11 is 0. The van der Waals surface area contributed by atoms with Crippen LogP contribution in [0.5, 0.6) is 0 Å². The molecule has 0 amide bonds. The third kappa shape index (κ3) is 2.46. The smallest absolute Gasteiger partial charge is 0.276 e. The van der Waals surface area contributed by atoms with Crippen LogP contribution in [0.3, 0.4) is 0 Å². The minimum Gasteiger partial charge on any atom is -0.289 e. The van der Waals surface area contributed by atoms with Crippen LogP contribution >= 0.6 is 0 Å². The molecular weight excluding hydrogens is 298 g/mol. The molecule has 3 aromatic rings. The van der Waals surface area contributed by atoms with E-state index in [2.05, 4.69) is 50.1 Å². The van der Waals surface area contributed by atoms with Crippen LogP contribution in [0.4, 0.5) is 0 Å². The maximum Gasteiger partial charge on any atom is 0.276 e. The van der Waals surface area contributed by atoms with Gasteiger partial charge in [-0.3, -0.25) is 9.89 Å². The highest BCUT2D eigenvalue weighted by atomic mass is 16.1. The number of hydrogen-bond donors (Lipinski definition) is 1. The summed E-state index contributed by atoms with van der Waals surface area (Å²) < 4.78 is 1.59. The van der Waals surface area contributed by atoms with E-state index in [0.29, 0.717) is 0 Å². The summed E-state index contributed by atoms with van der Waals surface area (Å²) in [5, 5.41) is 3.23. The normalized spacial score (nSPS) is 14.8. The van der Waals surface area contributed by atoms with Crippen molar-refractivity contribution >= 4 is 5.65 Å². The van der Waals surface area contributed by atoms with Crippen LogP contribution < -0.4 is 5.56 Å². The number of benzene rings is 1. The number of aromatic amines is 1. The second kappa shape index (κ2) is 5.33. The predicted octanol–water partition coefficient (Wildman–Crippen LogP) is 3.87. The van der Waals surface area contributed by atoms with E-state index in [1.807, 2.05) is 6.07 Å². The Morgan fingerprint density at radius 3 is 2.50 bits per heavy atom. The Hall–Kier alpha value is -2.36. The molecule has 0 aliphatic heterocycles. The van der Waals surface area contributed by atoms with E-state index < -0.39 is 0 Å². The first kappa shape index (κ1) is 15.2. The third-order valence-corrected chi connectivity index (χ3v) is 4.95. The zero-order valence-corrected chi connectivity index (χ0v) is 14.5. The van der Waals surface area contributed by atoms with E-state index in [1.54, 1.807) is 4.52 Å². The zero-order chi connectivity index (χ0) is 16.9. The Morgan fingerprint density at radius 2 is 1.79 bits per heavy atom. The van der Waals surface area contributed by atoms with Crippen LogP contribution in [0.2, 0.25) is 0 Å². The standard InChI is InChI=1S/C20H23N3O/c1-20(2,3)14-10-8-13(9-11-14)17-12-18-21-16-7-5-4-6-15(16)19(24)23(18)22-17/h8-12,22H,4-7H2,1-3H3. The van der Waals surface area contributed by atoms with Gasteiger partial charge in [0.05, 0.1) is 11.4 Å². The molecule has 4 nitrogen and oxygen atoms in total. The average molecular weight is 321 g/mol. The molecule has 124 valence electrons. The molecule has 2 aromatic heterocycles. The third-order valence-electron chi connectivity index (χ3n) is 4.95. The quantitative estimate of drug-likeness (QED) is 0.740. The lowest BCUT2D eigenvalue weighted by atomic mass is 9.86. The molecule has 0 radical (unpaired) electrons. The second-order valence-electron chi connectivity index (χ2n) is 7.74. The van der Waals surface area contributed by atoms with Crippen LogP contribution in [0, 0.1) is 0 Å². The molecule has 1 aliphatic rings. The van der Waals surface area contributed by atoms with Crippen molar-refractivity contribution in [3.05, 3.63) is 57.5 Å². The highest BCUT2D eigenvalue weighted by Crippen LogP contribution is 2.26. The number of rotatable bonds is 1. The summed E-state index contributed by atoms with van der Waals surface area (Å²) in [4.78, 5) is 17.4. The van der Waals surface area contributed by atoms with Crippen LogP contribution in [-0.4, -0.2) is 14.6 Å². The fraction of sp³-hybridized carbons (Fsp3) is 0.400. The highest BCUT2D eigenvalue weighted by Gasteiger charge is 2.18. The molecule has 4 rings (SSSR count). The lowest BCUT2D eigenvalue weighted by Gasteiger charge is -2.18. The van der Waals surface area contributed by atoms with Gasteiger partial charge in [-0.15, -0.1) is 0 Å². The van der Waals surface area contributed by atoms with Crippen molar-refractivity contribution in [3.8, 4) is 11.3 Å². The largest absolute Gasteiger partial charge is 0.289 e. The Balaban J connectivity index is 1.81. The van der Waals surface area contributed by atoms with Gasteiger partial charge in [-0.1, -0.05) is 45.0 Å². The molecule has 4 heteroatoms. The van der Waals surface area contributed by atoms with Crippen molar-refractivity contribution in [3.63, 3.8) is 0 Å². The number of aromatic nitrogens is 3. The molecular formula is C20H23N3O. The lowest BCUT2D eigenvalue weighted by molar-refractivity contribution is 0.590. The SMILES string of the molecule is CC(C)(C)c1ccc(-c2cc3nc4c(c(=O)n3[nH]2)CCCC4)cc1. The Morgan fingerprint density at radius 1 is 1.08 bits per heavy atom. The second-order valence-corrected chi connectivity index (χ2v) is 7.74. The van der Waals surface area contributed by atoms with Crippen molar-refractivity contribution in [1.82, 2.24) is 14.6 Å². The molecule has 24 heavy (non-hydrogen) atoms. The van der Waals surface area contributed by atoms with Gasteiger partial charge in [-0.25, -0.2) is 9.50 Å². The molecule has 2 heterocycles. The van der Waals surface area contributed by atoms with Crippen molar-refractivity contribution in [2.24, 2.45) is 0 Å². The van der Waals surface area contributed by atoms with Gasteiger partial charge in [0.1, 0.15) is 0 Å². The minimum atomic E-state index is 0.0623. The summed E-state index contributed by atoms with van der Waals surface area (Å²) in [6.45, 7) is 6.62. The first-order valence-corrected chi connectivity index (χ1v) is 8.68. The predicted molar refractivity (Wildman–Crippen MR) is 96.6 cm³/mol. The van der Waals surface area contributed by atoms with Gasteiger partial charge in [0.25, 0.3) is 5.56 Å². The first-order valence-electron chi connectivity index (χ1n) is 8.68. The van der Waals surface area contributed by atoms with Gasteiger partial charge < -0.3 is 0 Å². The molecule has 1 N–H and O–H groups in total. The molecule has 0 bridgehead atoms. The Bertz CT molecular complexity index is 955. The zero-order valence-electron chi connectivity index (χ0n) is 14.5. The Labute approximate surface area is 141 Å². The molecule has 1 aliphatic carbocycles. The van der Waals surface area contributed by atoms with E-state index in [0.717, 1.165) is 53.8 Å². The fourth-order valence-corrected chi connectivity index (χ4v) is 3.45. The van der Waals surface area contributed by atoms with Gasteiger partial charge >= 0.3 is 0 Å². The lowest BCUT2D eigenvalue weighted by Crippen LogP contribution is -2.24. The number of H-pyrrole nitrogens is 1. The number of nitrogens with zero attached hydrogens (tertiary/aromatic N) is 2. The maximum absolute atomic E-state index is 12.7. The molecule has 0 fully saturated rings. The van der Waals surface area contributed by atoms with E-state index in [-0.39, 0.29) is 11.0 Å². The van der Waals surface area contributed by atoms with E-state index in [1.165, 1.54) is 5.56 Å². The van der Waals surface area contributed by atoms with Crippen LogP contribution in [-0.2, 0) is 18.3 Å². The Kier molecular flexibility index (Phi) is 3.37. The number of hydrogen-bond acceptors (Lipinski definition) is 2. The monoisotopic (exact) mass is 321 g/mol. The highest BCUT2D eigenvalue weighted by molar-refractivity contribution is 5.64. The molecule has 0 atom stereocenters. The number of fused-ring (bicyclic) bond motifs is 2. The minimum absolute atomic E-state index is 0.0623. The average Bonchev–Trinajstić information content (AvgIpc) is 2.99. The molecule has 0 spiro atoms. The van der Waals surface area contributed by atoms with E-state index >= 15 is 0 Å². The van der Waals surface area contributed by atoms with Crippen LogP contribution in [0.15, 0.2) is 35.1 Å². The maximum atomic E-state index is 12.7. The van der Waals surface area contributed by atoms with Crippen molar-refractivity contribution in [2.45, 2.75) is 51.9 Å². The van der Waals surface area contributed by atoms with Crippen molar-refractivity contribution < 1.29 is 0 Å². The summed E-state index contributed by atoms with van der Waals surface area (Å²) in [5.74, 6) is 0. The topological polar surface area (TPSA) is 50.2 Å². The van der Waals surface area contributed by atoms with Crippen molar-refractivity contribution in [1.29, 1.82) is 0 Å². The summed E-state index contributed by atoms with van der Waals surface area (Å²) in [6.07, 6.45) is 3.97. The van der Waals surface area contributed by atoms with Gasteiger partial charge in [-0.05, 0) is 42.2 Å². The number of nitrogens with one attached hydrogen (secondary N) is 1. The fourth-order valence-electron chi connectivity index (χ4n) is 3.45. The van der Waals surface area contributed by atoms with Gasteiger partial charge in [-0.2, -0.15) is 0 Å². The van der Waals surface area contributed by atoms with Gasteiger partial charge in [0, 0.05) is 11.6 Å². The van der Waals surface area contributed by atoms with Crippen LogP contribution in [0.1, 0.15) is 50.4 Å². The molecule has 0 saturated carbocycles. The molecule has 0 saturated heterocycles. The van der Waals surface area contributed by atoms with Gasteiger partial charge in [0.2, 0.25) is 0 Å². The molecule has 0 unspecified atom stereocenters. The van der Waals surface area contributed by atoms with E-state index in [4.69, 9.17) is 4.98 Å². The van der Waals surface area contributed by atoms with E-state index in [9.17, 15) is 4.79 Å². The number of aryl methyl sites for hydroxylation is 1. The first-order chi connectivity index (χ1) is 11.4. The summed E-state index contributed by atoms with van der Waals surface area (Å²) in [6, 6.07) is 10.5. The summed E-state index contributed by atoms with van der Waals surface area (Å²) in [5.41, 5.74) is 6.09. The van der Waals surface area contributed by atoms with Crippen molar-refractivity contribution in [2.75, 3.05) is 0 Å². The summed E-state index contributed by atoms with van der Waals surface area (Å²) in [7, 11) is 0. The molecule has 1 aromatic carbocycles. The van der Waals surface area contributed by atoms with Crippen LogP contribution in [0.25, 0.3) is 16.9 Å².